The fourth-order valence-electron chi connectivity index (χ4n) is 0.860. The topological polar surface area (TPSA) is 59.0 Å². The van der Waals surface area contributed by atoms with Gasteiger partial charge < -0.3 is 4.74 Å². The van der Waals surface area contributed by atoms with Crippen molar-refractivity contribution in [2.45, 2.75) is 27.0 Å². The van der Waals surface area contributed by atoms with E-state index in [4.69, 9.17) is 4.74 Å². The Bertz CT molecular complexity index is 170. The van der Waals surface area contributed by atoms with E-state index in [-0.39, 0.29) is 5.92 Å². The molecule has 0 aromatic heterocycles. The van der Waals surface area contributed by atoms with Crippen LogP contribution in [0.3, 0.4) is 0 Å². The minimum absolute atomic E-state index is 0.0385. The molecule has 0 radical (unpaired) electrons. The Morgan fingerprint density at radius 1 is 1.50 bits per heavy atom. The molecule has 0 N–H and O–H groups in total. The SMILES string of the molecule is CC(=O)OC(C(C)C)N(C)N=O. The van der Waals surface area contributed by atoms with E-state index in [2.05, 4.69) is 5.29 Å². The molecule has 0 aromatic carbocycles. The van der Waals surface area contributed by atoms with Crippen molar-refractivity contribution in [3.05, 3.63) is 4.91 Å². The van der Waals surface area contributed by atoms with Crippen LogP contribution >= 0.6 is 0 Å². The summed E-state index contributed by atoms with van der Waals surface area (Å²) in [5.41, 5.74) is 0. The molecular weight excluding hydrogens is 160 g/mol. The summed E-state index contributed by atoms with van der Waals surface area (Å²) in [5.74, 6) is -0.374. The van der Waals surface area contributed by atoms with Gasteiger partial charge in [0.15, 0.2) is 6.23 Å². The van der Waals surface area contributed by atoms with Crippen LogP contribution < -0.4 is 0 Å². The van der Waals surface area contributed by atoms with E-state index in [9.17, 15) is 9.70 Å². The Labute approximate surface area is 71.6 Å². The van der Waals surface area contributed by atoms with Gasteiger partial charge in [-0.15, -0.1) is 4.91 Å². The van der Waals surface area contributed by atoms with Gasteiger partial charge in [-0.3, -0.25) is 4.79 Å². The highest BCUT2D eigenvalue weighted by Crippen LogP contribution is 2.10. The zero-order valence-corrected chi connectivity index (χ0v) is 7.77. The Morgan fingerprint density at radius 3 is 2.25 bits per heavy atom. The number of hydrogen-bond acceptors (Lipinski definition) is 4. The van der Waals surface area contributed by atoms with Gasteiger partial charge in [-0.2, -0.15) is 0 Å². The molecule has 0 spiro atoms. The Hall–Kier alpha value is -1.13. The van der Waals surface area contributed by atoms with Crippen LogP contribution in [0, 0.1) is 10.8 Å². The Morgan fingerprint density at radius 2 is 2.00 bits per heavy atom. The predicted molar refractivity (Wildman–Crippen MR) is 44.0 cm³/mol. The van der Waals surface area contributed by atoms with Gasteiger partial charge in [0.25, 0.3) is 0 Å². The van der Waals surface area contributed by atoms with Crippen molar-refractivity contribution in [3.8, 4) is 0 Å². The van der Waals surface area contributed by atoms with E-state index in [1.807, 2.05) is 13.8 Å². The van der Waals surface area contributed by atoms with Gasteiger partial charge in [0.1, 0.15) is 0 Å². The van der Waals surface area contributed by atoms with Gasteiger partial charge in [-0.1, -0.05) is 13.8 Å². The molecule has 0 bridgehead atoms. The Kier molecular flexibility index (Phi) is 4.25. The summed E-state index contributed by atoms with van der Waals surface area (Å²) in [4.78, 5) is 20.7. The molecule has 12 heavy (non-hydrogen) atoms. The van der Waals surface area contributed by atoms with Crippen molar-refractivity contribution in [2.24, 2.45) is 11.2 Å². The number of carbonyl (C=O) groups is 1. The number of ether oxygens (including phenoxy) is 1. The second kappa shape index (κ2) is 4.69. The van der Waals surface area contributed by atoms with Crippen LogP contribution in [0.25, 0.3) is 0 Å². The second-order valence-corrected chi connectivity index (χ2v) is 2.90. The fourth-order valence-corrected chi connectivity index (χ4v) is 0.860. The predicted octanol–water partition coefficient (Wildman–Crippen LogP) is 1.14. The van der Waals surface area contributed by atoms with E-state index in [0.29, 0.717) is 0 Å². The summed E-state index contributed by atoms with van der Waals surface area (Å²) in [5, 5.41) is 3.76. The molecule has 0 aliphatic carbocycles. The third-order valence-electron chi connectivity index (χ3n) is 1.35. The van der Waals surface area contributed by atoms with Crippen molar-refractivity contribution in [2.75, 3.05) is 7.05 Å². The number of esters is 1. The van der Waals surface area contributed by atoms with Gasteiger partial charge in [-0.25, -0.2) is 5.01 Å². The summed E-state index contributed by atoms with van der Waals surface area (Å²) in [7, 11) is 1.47. The highest BCUT2D eigenvalue weighted by molar-refractivity contribution is 5.66. The second-order valence-electron chi connectivity index (χ2n) is 2.90. The molecule has 1 atom stereocenters. The van der Waals surface area contributed by atoms with E-state index in [0.717, 1.165) is 5.01 Å². The number of rotatable bonds is 4. The zero-order valence-electron chi connectivity index (χ0n) is 7.77. The molecule has 0 rings (SSSR count). The minimum atomic E-state index is -0.569. The van der Waals surface area contributed by atoms with Crippen molar-refractivity contribution in [1.29, 1.82) is 0 Å². The van der Waals surface area contributed by atoms with Gasteiger partial charge in [0, 0.05) is 19.9 Å². The standard InChI is InChI=1S/C7H14N2O3/c1-5(2)7(9(4)8-11)12-6(3)10/h5,7H,1-4H3. The fraction of sp³-hybridized carbons (Fsp3) is 0.857. The highest BCUT2D eigenvalue weighted by atomic mass is 16.6. The first kappa shape index (κ1) is 10.9. The summed E-state index contributed by atoms with van der Waals surface area (Å²) in [6.45, 7) is 4.98. The third kappa shape index (κ3) is 3.32. The molecule has 1 unspecified atom stereocenters. The van der Waals surface area contributed by atoms with Gasteiger partial charge in [0.05, 0.1) is 5.29 Å². The summed E-state index contributed by atoms with van der Waals surface area (Å²) >= 11 is 0. The zero-order chi connectivity index (χ0) is 9.72. The van der Waals surface area contributed by atoms with Crippen LogP contribution in [0.5, 0.6) is 0 Å². The lowest BCUT2D eigenvalue weighted by molar-refractivity contribution is -0.159. The Balaban J connectivity index is 4.22. The summed E-state index contributed by atoms with van der Waals surface area (Å²) in [6.07, 6.45) is -0.569. The lowest BCUT2D eigenvalue weighted by atomic mass is 10.2. The first-order chi connectivity index (χ1) is 5.49. The monoisotopic (exact) mass is 174 g/mol. The molecule has 0 heterocycles. The molecule has 0 saturated heterocycles. The molecular formula is C7H14N2O3. The molecule has 0 saturated carbocycles. The van der Waals surface area contributed by atoms with Crippen LogP contribution in [0.2, 0.25) is 0 Å². The maximum absolute atomic E-state index is 10.6. The molecule has 0 fully saturated rings. The molecule has 0 aliphatic rings. The van der Waals surface area contributed by atoms with Crippen molar-refractivity contribution in [3.63, 3.8) is 0 Å². The molecule has 0 aliphatic heterocycles. The van der Waals surface area contributed by atoms with E-state index in [1.54, 1.807) is 0 Å². The number of nitrogens with zero attached hydrogens (tertiary/aromatic N) is 2. The maximum Gasteiger partial charge on any atom is 0.304 e. The van der Waals surface area contributed by atoms with Crippen LogP contribution in [0.15, 0.2) is 5.29 Å². The van der Waals surface area contributed by atoms with E-state index < -0.39 is 12.2 Å². The van der Waals surface area contributed by atoms with Gasteiger partial charge >= 0.3 is 5.97 Å². The van der Waals surface area contributed by atoms with Crippen LogP contribution in [0.1, 0.15) is 20.8 Å². The summed E-state index contributed by atoms with van der Waals surface area (Å²) < 4.78 is 4.86. The molecule has 0 amide bonds. The normalized spacial score (nSPS) is 12.4. The molecule has 70 valence electrons. The number of nitroso groups, excluding NO2 is 1. The lowest BCUT2D eigenvalue weighted by Crippen LogP contribution is -2.35. The summed E-state index contributed by atoms with van der Waals surface area (Å²) in [6, 6.07) is 0. The van der Waals surface area contributed by atoms with Gasteiger partial charge in [0.2, 0.25) is 0 Å². The quantitative estimate of drug-likeness (QED) is 0.277. The largest absolute Gasteiger partial charge is 0.440 e. The first-order valence-corrected chi connectivity index (χ1v) is 3.72. The molecule has 0 aromatic rings. The van der Waals surface area contributed by atoms with Crippen LogP contribution in [-0.2, 0) is 9.53 Å². The van der Waals surface area contributed by atoms with Crippen LogP contribution in [-0.4, -0.2) is 24.3 Å². The maximum atomic E-state index is 10.6. The van der Waals surface area contributed by atoms with Crippen molar-refractivity contribution >= 4 is 5.97 Å². The lowest BCUT2D eigenvalue weighted by Gasteiger charge is -2.25. The smallest absolute Gasteiger partial charge is 0.304 e. The van der Waals surface area contributed by atoms with Crippen LogP contribution in [0.4, 0.5) is 0 Å². The van der Waals surface area contributed by atoms with Crippen molar-refractivity contribution < 1.29 is 9.53 Å². The number of carbonyl (C=O) groups excluding carboxylic acids is 1. The van der Waals surface area contributed by atoms with E-state index in [1.165, 1.54) is 14.0 Å². The minimum Gasteiger partial charge on any atom is -0.440 e. The van der Waals surface area contributed by atoms with Gasteiger partial charge in [-0.05, 0) is 0 Å². The van der Waals surface area contributed by atoms with Crippen molar-refractivity contribution in [1.82, 2.24) is 5.01 Å². The number of hydrogen-bond donors (Lipinski definition) is 0. The average Bonchev–Trinajstić information content (AvgIpc) is 1.98. The van der Waals surface area contributed by atoms with E-state index >= 15 is 0 Å². The molecule has 5 heteroatoms. The average molecular weight is 174 g/mol. The third-order valence-corrected chi connectivity index (χ3v) is 1.35. The molecule has 5 nitrogen and oxygen atoms in total. The first-order valence-electron chi connectivity index (χ1n) is 3.72. The highest BCUT2D eigenvalue weighted by Gasteiger charge is 2.21.